The fourth-order valence-electron chi connectivity index (χ4n) is 1.63. The first kappa shape index (κ1) is 14.1. The van der Waals surface area contributed by atoms with E-state index in [1.54, 1.807) is 19.2 Å². The minimum Gasteiger partial charge on any atom is -0.495 e. The molecule has 6 nitrogen and oxygen atoms in total. The van der Waals surface area contributed by atoms with Crippen LogP contribution in [0.25, 0.3) is 0 Å². The summed E-state index contributed by atoms with van der Waals surface area (Å²) >= 11 is 0. The van der Waals surface area contributed by atoms with E-state index in [1.165, 1.54) is 6.20 Å². The molecule has 0 atom stereocenters. The van der Waals surface area contributed by atoms with Crippen molar-refractivity contribution in [2.24, 2.45) is 0 Å². The largest absolute Gasteiger partial charge is 0.495 e. The molecule has 0 bridgehead atoms. The number of hydrogen-bond donors (Lipinski definition) is 2. The van der Waals surface area contributed by atoms with Gasteiger partial charge < -0.3 is 10.1 Å². The van der Waals surface area contributed by atoms with E-state index in [0.717, 1.165) is 11.9 Å². The van der Waals surface area contributed by atoms with E-state index >= 15 is 0 Å². The van der Waals surface area contributed by atoms with Gasteiger partial charge in [0.1, 0.15) is 11.6 Å². The molecule has 0 saturated heterocycles. The van der Waals surface area contributed by atoms with Crippen molar-refractivity contribution in [3.8, 4) is 5.75 Å². The highest BCUT2D eigenvalue weighted by atomic mass is 32.2. The summed E-state index contributed by atoms with van der Waals surface area (Å²) in [5.41, 5.74) is 1.20. The van der Waals surface area contributed by atoms with Crippen LogP contribution in [0.5, 0.6) is 5.75 Å². The van der Waals surface area contributed by atoms with Crippen LogP contribution in [-0.4, -0.2) is 26.8 Å². The third-order valence-electron chi connectivity index (χ3n) is 2.44. The lowest BCUT2D eigenvalue weighted by molar-refractivity contribution is 0.417. The Morgan fingerprint density at radius 3 is 2.50 bits per heavy atom. The first-order chi connectivity index (χ1) is 9.48. The average Bonchev–Trinajstić information content (AvgIpc) is 2.40. The summed E-state index contributed by atoms with van der Waals surface area (Å²) in [7, 11) is -1.70. The molecule has 1 heterocycles. The Bertz CT molecular complexity index is 684. The molecule has 106 valence electrons. The van der Waals surface area contributed by atoms with Crippen molar-refractivity contribution >= 4 is 27.2 Å². The first-order valence-electron chi connectivity index (χ1n) is 5.82. The molecule has 0 unspecified atom stereocenters. The number of para-hydroxylation sites is 2. The minimum absolute atomic E-state index is 0.415. The third-order valence-corrected chi connectivity index (χ3v) is 3.04. The smallest absolute Gasteiger partial charge is 0.229 e. The fraction of sp³-hybridized carbons (Fsp3) is 0.154. The van der Waals surface area contributed by atoms with Gasteiger partial charge in [0.05, 0.1) is 30.9 Å². The summed E-state index contributed by atoms with van der Waals surface area (Å²) in [6.07, 6.45) is 2.53. The Hall–Kier alpha value is -2.28. The quantitative estimate of drug-likeness (QED) is 0.883. The second-order valence-electron chi connectivity index (χ2n) is 4.13. The van der Waals surface area contributed by atoms with E-state index < -0.39 is 10.0 Å². The number of pyridine rings is 1. The number of hydrogen-bond acceptors (Lipinski definition) is 5. The third kappa shape index (κ3) is 3.86. The molecule has 1 aromatic heterocycles. The maximum Gasteiger partial charge on any atom is 0.229 e. The van der Waals surface area contributed by atoms with E-state index in [4.69, 9.17) is 4.74 Å². The number of anilines is 3. The van der Waals surface area contributed by atoms with E-state index in [-0.39, 0.29) is 0 Å². The highest BCUT2D eigenvalue weighted by Gasteiger charge is 2.04. The molecule has 0 spiro atoms. The van der Waals surface area contributed by atoms with Crippen LogP contribution in [0.4, 0.5) is 17.2 Å². The van der Waals surface area contributed by atoms with Crippen LogP contribution in [-0.2, 0) is 10.0 Å². The highest BCUT2D eigenvalue weighted by Crippen LogP contribution is 2.26. The van der Waals surface area contributed by atoms with Crippen LogP contribution in [0, 0.1) is 0 Å². The Labute approximate surface area is 117 Å². The Morgan fingerprint density at radius 1 is 1.15 bits per heavy atom. The van der Waals surface area contributed by atoms with E-state index in [2.05, 4.69) is 15.0 Å². The first-order valence-corrected chi connectivity index (χ1v) is 7.71. The predicted molar refractivity (Wildman–Crippen MR) is 79.0 cm³/mol. The molecule has 7 heteroatoms. The number of rotatable bonds is 5. The van der Waals surface area contributed by atoms with Gasteiger partial charge in [-0.1, -0.05) is 12.1 Å². The molecule has 0 fully saturated rings. The molecular weight excluding hydrogens is 278 g/mol. The monoisotopic (exact) mass is 293 g/mol. The molecule has 20 heavy (non-hydrogen) atoms. The summed E-state index contributed by atoms with van der Waals surface area (Å²) in [4.78, 5) is 4.14. The van der Waals surface area contributed by atoms with Gasteiger partial charge in [-0.05, 0) is 24.3 Å². The van der Waals surface area contributed by atoms with E-state index in [0.29, 0.717) is 17.3 Å². The fourth-order valence-corrected chi connectivity index (χ4v) is 2.18. The van der Waals surface area contributed by atoms with E-state index in [1.807, 2.05) is 24.3 Å². The molecule has 0 saturated carbocycles. The molecule has 0 aliphatic rings. The van der Waals surface area contributed by atoms with Crippen LogP contribution in [0.1, 0.15) is 0 Å². The normalized spacial score (nSPS) is 10.9. The zero-order chi connectivity index (χ0) is 14.6. The van der Waals surface area contributed by atoms with Crippen molar-refractivity contribution in [3.05, 3.63) is 42.6 Å². The lowest BCUT2D eigenvalue weighted by Crippen LogP contribution is -2.09. The maximum absolute atomic E-state index is 11.1. The second-order valence-corrected chi connectivity index (χ2v) is 5.88. The number of benzene rings is 1. The van der Waals surface area contributed by atoms with Crippen molar-refractivity contribution in [1.29, 1.82) is 0 Å². The molecule has 0 amide bonds. The Balaban J connectivity index is 2.15. The van der Waals surface area contributed by atoms with E-state index in [9.17, 15) is 8.42 Å². The van der Waals surface area contributed by atoms with Crippen molar-refractivity contribution < 1.29 is 13.2 Å². The van der Waals surface area contributed by atoms with Crippen molar-refractivity contribution in [1.82, 2.24) is 4.98 Å². The van der Waals surface area contributed by atoms with Gasteiger partial charge in [0.15, 0.2) is 0 Å². The summed E-state index contributed by atoms with van der Waals surface area (Å²) in [5, 5.41) is 3.10. The molecule has 2 rings (SSSR count). The number of sulfonamides is 1. The van der Waals surface area contributed by atoms with Crippen LogP contribution in [0.2, 0.25) is 0 Å². The highest BCUT2D eigenvalue weighted by molar-refractivity contribution is 7.92. The predicted octanol–water partition coefficient (Wildman–Crippen LogP) is 2.21. The average molecular weight is 293 g/mol. The topological polar surface area (TPSA) is 80.3 Å². The molecule has 1 aromatic carbocycles. The van der Waals surface area contributed by atoms with Gasteiger partial charge in [-0.2, -0.15) is 0 Å². The van der Waals surface area contributed by atoms with Gasteiger partial charge in [-0.3, -0.25) is 4.72 Å². The van der Waals surface area contributed by atoms with Gasteiger partial charge in [0.2, 0.25) is 10.0 Å². The van der Waals surface area contributed by atoms with Gasteiger partial charge in [0.25, 0.3) is 0 Å². The molecule has 0 aliphatic carbocycles. The molecule has 0 aliphatic heterocycles. The van der Waals surface area contributed by atoms with Gasteiger partial charge in [0, 0.05) is 0 Å². The van der Waals surface area contributed by atoms with Crippen molar-refractivity contribution in [2.45, 2.75) is 0 Å². The second kappa shape index (κ2) is 5.79. The lowest BCUT2D eigenvalue weighted by Gasteiger charge is -2.10. The van der Waals surface area contributed by atoms with Crippen molar-refractivity contribution in [2.75, 3.05) is 23.4 Å². The number of nitrogens with one attached hydrogen (secondary N) is 2. The Kier molecular flexibility index (Phi) is 4.09. The number of aromatic nitrogens is 1. The summed E-state index contributed by atoms with van der Waals surface area (Å²) < 4.78 is 29.8. The van der Waals surface area contributed by atoms with Crippen LogP contribution < -0.4 is 14.8 Å². The molecule has 2 aromatic rings. The van der Waals surface area contributed by atoms with Crippen molar-refractivity contribution in [3.63, 3.8) is 0 Å². The molecular formula is C13H15N3O3S. The standard InChI is InChI=1S/C13H15N3O3S/c1-19-12-6-4-3-5-11(12)15-13-8-7-10(9-14-13)16-20(2,17)18/h3-9,16H,1-2H3,(H,14,15). The Morgan fingerprint density at radius 2 is 1.90 bits per heavy atom. The maximum atomic E-state index is 11.1. The summed E-state index contributed by atoms with van der Waals surface area (Å²) in [6, 6.07) is 10.8. The zero-order valence-electron chi connectivity index (χ0n) is 11.1. The number of ether oxygens (including phenoxy) is 1. The lowest BCUT2D eigenvalue weighted by atomic mass is 10.3. The molecule has 2 N–H and O–H groups in total. The summed E-state index contributed by atoms with van der Waals surface area (Å²) in [5.74, 6) is 1.29. The van der Waals surface area contributed by atoms with Gasteiger partial charge >= 0.3 is 0 Å². The molecule has 0 radical (unpaired) electrons. The minimum atomic E-state index is -3.29. The summed E-state index contributed by atoms with van der Waals surface area (Å²) in [6.45, 7) is 0. The van der Waals surface area contributed by atoms with Gasteiger partial charge in [-0.25, -0.2) is 13.4 Å². The number of nitrogens with zero attached hydrogens (tertiary/aromatic N) is 1. The van der Waals surface area contributed by atoms with Crippen LogP contribution in [0.15, 0.2) is 42.6 Å². The zero-order valence-corrected chi connectivity index (χ0v) is 11.9. The van der Waals surface area contributed by atoms with Gasteiger partial charge in [-0.15, -0.1) is 0 Å². The van der Waals surface area contributed by atoms with Crippen LogP contribution in [0.3, 0.4) is 0 Å². The van der Waals surface area contributed by atoms with Crippen LogP contribution >= 0.6 is 0 Å². The number of methoxy groups -OCH3 is 1. The SMILES string of the molecule is COc1ccccc1Nc1ccc(NS(C)(=O)=O)cn1.